The van der Waals surface area contributed by atoms with Gasteiger partial charge in [-0.2, -0.15) is 13.2 Å². The average molecular weight is 495 g/mol. The van der Waals surface area contributed by atoms with E-state index in [1.807, 2.05) is 5.38 Å². The van der Waals surface area contributed by atoms with Crippen LogP contribution in [0.1, 0.15) is 44.9 Å². The standard InChI is InChI=1S/C13H13F3O5S.C7H12N2S/c14-13(15,16)9-1-3-10(4-2-9)22(19,20)12(11(17)18)5-7-21-8-6-12;1-7(2,3)5-4-10-6(8)9-5/h1-4H,5-8H2,(H,17,18);4H,1-3H3,(H2,8,9). The fraction of sp³-hybridized carbons (Fsp3) is 0.500. The lowest BCUT2D eigenvalue weighted by atomic mass is 9.93. The Hall–Kier alpha value is -2.18. The summed E-state index contributed by atoms with van der Waals surface area (Å²) in [4.78, 5) is 15.2. The van der Waals surface area contributed by atoms with E-state index in [2.05, 4.69) is 25.8 Å². The summed E-state index contributed by atoms with van der Waals surface area (Å²) in [5, 5.41) is 12.0. The molecule has 2 heterocycles. The van der Waals surface area contributed by atoms with Crippen LogP contribution in [-0.4, -0.2) is 42.4 Å². The normalized spacial score (nSPS) is 16.7. The largest absolute Gasteiger partial charge is 0.480 e. The third-order valence-corrected chi connectivity index (χ3v) is 8.17. The molecular formula is C20H25F3N2O5S2. The lowest BCUT2D eigenvalue weighted by Gasteiger charge is -2.32. The monoisotopic (exact) mass is 494 g/mol. The van der Waals surface area contributed by atoms with Crippen LogP contribution in [0.15, 0.2) is 34.5 Å². The van der Waals surface area contributed by atoms with Crippen molar-refractivity contribution in [1.82, 2.24) is 4.98 Å². The molecule has 1 aliphatic heterocycles. The number of hydrogen-bond donors (Lipinski definition) is 2. The van der Waals surface area contributed by atoms with Gasteiger partial charge in [0.15, 0.2) is 19.7 Å². The van der Waals surface area contributed by atoms with Gasteiger partial charge in [0.25, 0.3) is 0 Å². The summed E-state index contributed by atoms with van der Waals surface area (Å²) in [5.41, 5.74) is 5.70. The molecule has 0 radical (unpaired) electrons. The van der Waals surface area contributed by atoms with Crippen molar-refractivity contribution in [2.75, 3.05) is 18.9 Å². The van der Waals surface area contributed by atoms with E-state index in [1.54, 1.807) is 0 Å². The summed E-state index contributed by atoms with van der Waals surface area (Å²) < 4.78 is 65.7. The second kappa shape index (κ2) is 9.36. The molecule has 12 heteroatoms. The number of carboxylic acids is 1. The highest BCUT2D eigenvalue weighted by atomic mass is 32.2. The van der Waals surface area contributed by atoms with Gasteiger partial charge in [0.05, 0.1) is 16.2 Å². The minimum Gasteiger partial charge on any atom is -0.480 e. The van der Waals surface area contributed by atoms with E-state index < -0.39 is 37.2 Å². The number of aromatic nitrogens is 1. The van der Waals surface area contributed by atoms with Crippen LogP contribution in [0.5, 0.6) is 0 Å². The molecule has 3 N–H and O–H groups in total. The molecule has 1 fully saturated rings. The third-order valence-electron chi connectivity index (χ3n) is 4.99. The summed E-state index contributed by atoms with van der Waals surface area (Å²) in [7, 11) is -4.33. The maximum absolute atomic E-state index is 12.6. The van der Waals surface area contributed by atoms with Gasteiger partial charge in [-0.25, -0.2) is 13.4 Å². The number of thiazole rings is 1. The highest BCUT2D eigenvalue weighted by Crippen LogP contribution is 2.36. The van der Waals surface area contributed by atoms with Crippen LogP contribution in [0.3, 0.4) is 0 Å². The topological polar surface area (TPSA) is 120 Å². The molecule has 2 aromatic rings. The number of rotatable bonds is 3. The number of aliphatic carboxylic acids is 1. The van der Waals surface area contributed by atoms with Crippen LogP contribution in [0.2, 0.25) is 0 Å². The van der Waals surface area contributed by atoms with E-state index in [-0.39, 0.29) is 31.5 Å². The zero-order valence-electron chi connectivity index (χ0n) is 17.8. The molecule has 1 aromatic carbocycles. The SMILES string of the molecule is CC(C)(C)c1csc(N)n1.O=C(O)C1(S(=O)(=O)c2ccc(C(F)(F)F)cc2)CCOCC1. The number of sulfone groups is 1. The fourth-order valence-electron chi connectivity index (χ4n) is 2.98. The summed E-state index contributed by atoms with van der Waals surface area (Å²) in [6, 6.07) is 2.83. The first kappa shape index (κ1) is 26.1. The molecule has 0 spiro atoms. The van der Waals surface area contributed by atoms with Gasteiger partial charge in [-0.3, -0.25) is 4.79 Å². The molecule has 32 heavy (non-hydrogen) atoms. The third kappa shape index (κ3) is 5.59. The number of hydrogen-bond acceptors (Lipinski definition) is 7. The smallest absolute Gasteiger partial charge is 0.416 e. The van der Waals surface area contributed by atoms with Crippen molar-refractivity contribution in [1.29, 1.82) is 0 Å². The minimum atomic E-state index is -4.59. The number of nitrogen functional groups attached to an aromatic ring is 1. The molecular weight excluding hydrogens is 469 g/mol. The molecule has 7 nitrogen and oxygen atoms in total. The molecule has 0 atom stereocenters. The van der Waals surface area contributed by atoms with E-state index in [0.717, 1.165) is 17.8 Å². The molecule has 1 saturated heterocycles. The van der Waals surface area contributed by atoms with Crippen LogP contribution in [0.4, 0.5) is 18.3 Å². The molecule has 178 valence electrons. The number of carbonyl (C=O) groups is 1. The van der Waals surface area contributed by atoms with Gasteiger partial charge in [0.2, 0.25) is 0 Å². The highest BCUT2D eigenvalue weighted by molar-refractivity contribution is 7.93. The molecule has 0 unspecified atom stereocenters. The first-order chi connectivity index (χ1) is 14.6. The Balaban J connectivity index is 0.000000303. The predicted molar refractivity (Wildman–Crippen MR) is 114 cm³/mol. The number of nitrogens with zero attached hydrogens (tertiary/aromatic N) is 1. The number of benzene rings is 1. The summed E-state index contributed by atoms with van der Waals surface area (Å²) >= 11 is 1.50. The molecule has 1 aliphatic rings. The number of nitrogens with two attached hydrogens (primary N) is 1. The Morgan fingerprint density at radius 2 is 1.69 bits per heavy atom. The lowest BCUT2D eigenvalue weighted by molar-refractivity contribution is -0.142. The lowest BCUT2D eigenvalue weighted by Crippen LogP contribution is -2.50. The van der Waals surface area contributed by atoms with Gasteiger partial charge >= 0.3 is 12.1 Å². The maximum atomic E-state index is 12.6. The van der Waals surface area contributed by atoms with Crippen molar-refractivity contribution in [3.05, 3.63) is 40.9 Å². The van der Waals surface area contributed by atoms with E-state index in [0.29, 0.717) is 17.3 Å². The first-order valence-corrected chi connectivity index (χ1v) is 11.9. The van der Waals surface area contributed by atoms with Crippen molar-refractivity contribution in [3.8, 4) is 0 Å². The first-order valence-electron chi connectivity index (χ1n) is 9.56. The Morgan fingerprint density at radius 1 is 1.16 bits per heavy atom. The summed E-state index contributed by atoms with van der Waals surface area (Å²) in [6.45, 7) is 6.31. The van der Waals surface area contributed by atoms with Crippen LogP contribution in [-0.2, 0) is 31.0 Å². The van der Waals surface area contributed by atoms with Crippen molar-refractivity contribution >= 4 is 32.3 Å². The Labute approximate surface area is 188 Å². The van der Waals surface area contributed by atoms with Gasteiger partial charge in [-0.05, 0) is 24.3 Å². The number of halogens is 3. The van der Waals surface area contributed by atoms with Crippen molar-refractivity contribution in [2.24, 2.45) is 0 Å². The highest BCUT2D eigenvalue weighted by Gasteiger charge is 2.52. The second-order valence-corrected chi connectivity index (χ2v) is 11.4. The van der Waals surface area contributed by atoms with Gasteiger partial charge in [-0.1, -0.05) is 20.8 Å². The van der Waals surface area contributed by atoms with Crippen LogP contribution in [0.25, 0.3) is 0 Å². The van der Waals surface area contributed by atoms with Crippen LogP contribution < -0.4 is 5.73 Å². The van der Waals surface area contributed by atoms with Gasteiger partial charge in [-0.15, -0.1) is 11.3 Å². The van der Waals surface area contributed by atoms with E-state index in [4.69, 9.17) is 10.5 Å². The maximum Gasteiger partial charge on any atom is 0.416 e. The summed E-state index contributed by atoms with van der Waals surface area (Å²) in [6.07, 6.45) is -5.08. The van der Waals surface area contributed by atoms with Crippen molar-refractivity contribution < 1.29 is 36.2 Å². The average Bonchev–Trinajstić information content (AvgIpc) is 3.15. The van der Waals surface area contributed by atoms with Crippen molar-refractivity contribution in [3.63, 3.8) is 0 Å². The second-order valence-electron chi connectivity index (χ2n) is 8.26. The zero-order valence-corrected chi connectivity index (χ0v) is 19.4. The number of ether oxygens (including phenoxy) is 1. The molecule has 0 amide bonds. The fourth-order valence-corrected chi connectivity index (χ4v) is 5.65. The molecule has 1 aromatic heterocycles. The molecule has 0 saturated carbocycles. The van der Waals surface area contributed by atoms with Crippen molar-refractivity contribution in [2.45, 2.75) is 54.8 Å². The molecule has 3 rings (SSSR count). The number of anilines is 1. The quantitative estimate of drug-likeness (QED) is 0.658. The molecule has 0 bridgehead atoms. The Morgan fingerprint density at radius 3 is 2.03 bits per heavy atom. The zero-order chi connectivity index (χ0) is 24.4. The Bertz CT molecular complexity index is 1040. The minimum absolute atomic E-state index is 0.0356. The van der Waals surface area contributed by atoms with Gasteiger partial charge in [0, 0.05) is 36.9 Å². The number of alkyl halides is 3. The Kier molecular flexibility index (Phi) is 7.63. The predicted octanol–water partition coefficient (Wildman–Crippen LogP) is 4.14. The van der Waals surface area contributed by atoms with Gasteiger partial charge < -0.3 is 15.6 Å². The van der Waals surface area contributed by atoms with E-state index in [9.17, 15) is 31.5 Å². The van der Waals surface area contributed by atoms with Crippen LogP contribution in [0, 0.1) is 0 Å². The van der Waals surface area contributed by atoms with Crippen LogP contribution >= 0.6 is 11.3 Å². The van der Waals surface area contributed by atoms with Gasteiger partial charge in [0.1, 0.15) is 0 Å². The van der Waals surface area contributed by atoms with E-state index >= 15 is 0 Å². The van der Waals surface area contributed by atoms with E-state index in [1.165, 1.54) is 11.3 Å². The number of carboxylic acid groups (broad SMARTS) is 1. The summed E-state index contributed by atoms with van der Waals surface area (Å²) in [5.74, 6) is -1.52. The molecule has 0 aliphatic carbocycles.